The highest BCUT2D eigenvalue weighted by atomic mass is 35.5. The van der Waals surface area contributed by atoms with E-state index >= 15 is 0 Å². The number of nitrogens with one attached hydrogen (secondary N) is 1. The van der Waals surface area contributed by atoms with Crippen LogP contribution in [-0.2, 0) is 26.2 Å². The lowest BCUT2D eigenvalue weighted by Gasteiger charge is -2.33. The molecule has 0 aliphatic heterocycles. The molecule has 41 heavy (non-hydrogen) atoms. The van der Waals surface area contributed by atoms with Gasteiger partial charge in [-0.15, -0.1) is 0 Å². The highest BCUT2D eigenvalue weighted by Gasteiger charge is 2.33. The van der Waals surface area contributed by atoms with E-state index in [1.807, 2.05) is 20.8 Å². The van der Waals surface area contributed by atoms with Crippen LogP contribution < -0.4 is 14.4 Å². The molecule has 3 rings (SSSR count). The molecule has 3 aromatic rings. The Labute approximate surface area is 252 Å². The molecule has 0 saturated heterocycles. The first-order valence-corrected chi connectivity index (χ1v) is 15.3. The molecule has 2 amide bonds. The predicted molar refractivity (Wildman–Crippen MR) is 163 cm³/mol. The van der Waals surface area contributed by atoms with Gasteiger partial charge >= 0.3 is 0 Å². The molecule has 0 heterocycles. The Morgan fingerprint density at radius 1 is 0.951 bits per heavy atom. The third kappa shape index (κ3) is 7.93. The van der Waals surface area contributed by atoms with Gasteiger partial charge in [-0.25, -0.2) is 8.42 Å². The summed E-state index contributed by atoms with van der Waals surface area (Å²) in [6.07, 6.45) is 0.697. The summed E-state index contributed by atoms with van der Waals surface area (Å²) in [6, 6.07) is 16.6. The summed E-state index contributed by atoms with van der Waals surface area (Å²) in [6.45, 7) is 6.56. The molecule has 1 N–H and O–H groups in total. The van der Waals surface area contributed by atoms with Gasteiger partial charge in [0, 0.05) is 28.2 Å². The lowest BCUT2D eigenvalue weighted by molar-refractivity contribution is -0.139. The molecule has 0 aliphatic rings. The Bertz CT molecular complexity index is 1440. The van der Waals surface area contributed by atoms with E-state index in [4.69, 9.17) is 27.9 Å². The van der Waals surface area contributed by atoms with Crippen molar-refractivity contribution in [1.82, 2.24) is 10.2 Å². The van der Waals surface area contributed by atoms with Crippen LogP contribution >= 0.6 is 23.2 Å². The first-order chi connectivity index (χ1) is 19.4. The van der Waals surface area contributed by atoms with Crippen molar-refractivity contribution < 1.29 is 22.7 Å². The van der Waals surface area contributed by atoms with E-state index in [-0.39, 0.29) is 29.1 Å². The molecule has 2 atom stereocenters. The standard InChI is InChI=1S/C30H35Cl2N3O5S/c1-6-21(3)33-30(37)22(4)34(18-26-27(31)8-7-9-28(26)32)29(36)19-35(23-12-14-24(40-5)15-13-23)41(38,39)25-16-10-20(2)11-17-25/h7-17,21-22H,6,18-19H2,1-5H3,(H,33,37)/t21-,22-/m0/s1. The van der Waals surface area contributed by atoms with Crippen LogP contribution in [0.1, 0.15) is 38.3 Å². The van der Waals surface area contributed by atoms with Gasteiger partial charge in [0.1, 0.15) is 18.3 Å². The number of sulfonamides is 1. The minimum Gasteiger partial charge on any atom is -0.497 e. The van der Waals surface area contributed by atoms with Crippen LogP contribution in [0.3, 0.4) is 0 Å². The normalized spacial score (nSPS) is 12.8. The van der Waals surface area contributed by atoms with Crippen molar-refractivity contribution >= 4 is 50.7 Å². The van der Waals surface area contributed by atoms with Crippen LogP contribution in [0.5, 0.6) is 5.75 Å². The molecule has 0 unspecified atom stereocenters. The number of halogens is 2. The molecule has 0 aliphatic carbocycles. The van der Waals surface area contributed by atoms with Crippen molar-refractivity contribution in [3.8, 4) is 5.75 Å². The van der Waals surface area contributed by atoms with E-state index in [9.17, 15) is 18.0 Å². The zero-order chi connectivity index (χ0) is 30.3. The lowest BCUT2D eigenvalue weighted by Crippen LogP contribution is -2.52. The zero-order valence-electron chi connectivity index (χ0n) is 23.7. The van der Waals surface area contributed by atoms with Gasteiger partial charge in [0.15, 0.2) is 0 Å². The maximum Gasteiger partial charge on any atom is 0.264 e. The molecule has 0 spiro atoms. The minimum atomic E-state index is -4.18. The third-order valence-corrected chi connectivity index (χ3v) is 9.30. The van der Waals surface area contributed by atoms with Crippen molar-refractivity contribution in [2.75, 3.05) is 18.0 Å². The fourth-order valence-electron chi connectivity index (χ4n) is 4.02. The monoisotopic (exact) mass is 619 g/mol. The number of methoxy groups -OCH3 is 1. The minimum absolute atomic E-state index is 0.0231. The van der Waals surface area contributed by atoms with Crippen molar-refractivity contribution in [3.05, 3.63) is 87.9 Å². The first-order valence-electron chi connectivity index (χ1n) is 13.1. The number of benzene rings is 3. The molecule has 0 radical (unpaired) electrons. The molecule has 3 aromatic carbocycles. The number of anilines is 1. The number of carbonyl (C=O) groups excluding carboxylic acids is 2. The fraction of sp³-hybridized carbons (Fsp3) is 0.333. The number of amides is 2. The van der Waals surface area contributed by atoms with E-state index in [1.165, 1.54) is 24.1 Å². The van der Waals surface area contributed by atoms with E-state index in [0.29, 0.717) is 27.8 Å². The van der Waals surface area contributed by atoms with Gasteiger partial charge < -0.3 is 15.0 Å². The summed E-state index contributed by atoms with van der Waals surface area (Å²) in [5, 5.41) is 3.54. The van der Waals surface area contributed by atoms with Crippen LogP contribution in [-0.4, -0.2) is 50.9 Å². The summed E-state index contributed by atoms with van der Waals surface area (Å²) in [5.41, 5.74) is 1.59. The van der Waals surface area contributed by atoms with E-state index in [0.717, 1.165) is 9.87 Å². The Morgan fingerprint density at radius 2 is 1.54 bits per heavy atom. The number of hydrogen-bond donors (Lipinski definition) is 1. The molecule has 0 bridgehead atoms. The van der Waals surface area contributed by atoms with Crippen LogP contribution in [0.2, 0.25) is 10.0 Å². The van der Waals surface area contributed by atoms with Crippen molar-refractivity contribution in [3.63, 3.8) is 0 Å². The summed E-state index contributed by atoms with van der Waals surface area (Å²) in [4.78, 5) is 28.5. The Kier molecular flexibility index (Phi) is 11.1. The highest BCUT2D eigenvalue weighted by Crippen LogP contribution is 2.29. The predicted octanol–water partition coefficient (Wildman–Crippen LogP) is 5.84. The second kappa shape index (κ2) is 14.1. The first kappa shape index (κ1) is 32.2. The van der Waals surface area contributed by atoms with Gasteiger partial charge in [0.25, 0.3) is 10.0 Å². The third-order valence-electron chi connectivity index (χ3n) is 6.81. The van der Waals surface area contributed by atoms with Crippen LogP contribution in [0, 0.1) is 6.92 Å². The number of nitrogens with zero attached hydrogens (tertiary/aromatic N) is 2. The zero-order valence-corrected chi connectivity index (χ0v) is 26.1. The number of rotatable bonds is 12. The van der Waals surface area contributed by atoms with Gasteiger partial charge in [-0.2, -0.15) is 0 Å². The van der Waals surface area contributed by atoms with E-state index in [1.54, 1.807) is 61.5 Å². The summed E-state index contributed by atoms with van der Waals surface area (Å²) < 4.78 is 34.1. The van der Waals surface area contributed by atoms with Crippen LogP contribution in [0.15, 0.2) is 71.6 Å². The Hall–Kier alpha value is -3.27. The number of carbonyl (C=O) groups is 2. The second-order valence-electron chi connectivity index (χ2n) is 9.74. The van der Waals surface area contributed by atoms with Crippen LogP contribution in [0.25, 0.3) is 0 Å². The van der Waals surface area contributed by atoms with E-state index < -0.39 is 28.5 Å². The lowest BCUT2D eigenvalue weighted by atomic mass is 10.1. The second-order valence-corrected chi connectivity index (χ2v) is 12.4. The Morgan fingerprint density at radius 3 is 2.07 bits per heavy atom. The van der Waals surface area contributed by atoms with Crippen molar-refractivity contribution in [1.29, 1.82) is 0 Å². The van der Waals surface area contributed by atoms with E-state index in [2.05, 4.69) is 5.32 Å². The molecule has 220 valence electrons. The number of ether oxygens (including phenoxy) is 1. The van der Waals surface area contributed by atoms with Gasteiger partial charge in [-0.05, 0) is 75.7 Å². The SMILES string of the molecule is CC[C@H](C)NC(=O)[C@H](C)N(Cc1c(Cl)cccc1Cl)C(=O)CN(c1ccc(OC)cc1)S(=O)(=O)c1ccc(C)cc1. The molecule has 0 saturated carbocycles. The molecule has 11 heteroatoms. The average Bonchev–Trinajstić information content (AvgIpc) is 2.95. The van der Waals surface area contributed by atoms with Crippen molar-refractivity contribution in [2.24, 2.45) is 0 Å². The summed E-state index contributed by atoms with van der Waals surface area (Å²) in [7, 11) is -2.68. The Balaban J connectivity index is 2.07. The van der Waals surface area contributed by atoms with Crippen LogP contribution in [0.4, 0.5) is 5.69 Å². The summed E-state index contributed by atoms with van der Waals surface area (Å²) in [5.74, 6) is -0.467. The molecule has 8 nitrogen and oxygen atoms in total. The van der Waals surface area contributed by atoms with Crippen molar-refractivity contribution in [2.45, 2.75) is 57.6 Å². The highest BCUT2D eigenvalue weighted by molar-refractivity contribution is 7.92. The molecule has 0 aromatic heterocycles. The smallest absolute Gasteiger partial charge is 0.264 e. The van der Waals surface area contributed by atoms with Gasteiger partial charge in [-0.1, -0.05) is 53.9 Å². The van der Waals surface area contributed by atoms with Gasteiger partial charge in [0.05, 0.1) is 17.7 Å². The molecular formula is C30H35Cl2N3O5S. The maximum atomic E-state index is 14.0. The molecular weight excluding hydrogens is 585 g/mol. The van der Waals surface area contributed by atoms with Gasteiger partial charge in [-0.3, -0.25) is 13.9 Å². The summed E-state index contributed by atoms with van der Waals surface area (Å²) >= 11 is 12.8. The van der Waals surface area contributed by atoms with Gasteiger partial charge in [0.2, 0.25) is 11.8 Å². The number of hydrogen-bond acceptors (Lipinski definition) is 5. The topological polar surface area (TPSA) is 96.0 Å². The average molecular weight is 621 g/mol. The quantitative estimate of drug-likeness (QED) is 0.275. The molecule has 0 fully saturated rings. The maximum absolute atomic E-state index is 14.0. The fourth-order valence-corrected chi connectivity index (χ4v) is 5.95. The number of aryl methyl sites for hydroxylation is 1. The largest absolute Gasteiger partial charge is 0.497 e.